The molecule has 3 aliphatic rings. The molecule has 0 aliphatic carbocycles. The highest BCUT2D eigenvalue weighted by molar-refractivity contribution is 6.29. The van der Waals surface area contributed by atoms with Gasteiger partial charge >= 0.3 is 0 Å². The fourth-order valence-electron chi connectivity index (χ4n) is 4.80. The van der Waals surface area contributed by atoms with Gasteiger partial charge in [0.15, 0.2) is 0 Å². The Morgan fingerprint density at radius 1 is 1.12 bits per heavy atom. The monoisotopic (exact) mass is 471 g/mol. The molecule has 33 heavy (non-hydrogen) atoms. The van der Waals surface area contributed by atoms with E-state index in [1.165, 1.54) is 17.0 Å². The van der Waals surface area contributed by atoms with Crippen LogP contribution in [0.4, 0.5) is 10.1 Å². The predicted octanol–water partition coefficient (Wildman–Crippen LogP) is 1.96. The average Bonchev–Trinajstić information content (AvgIpc) is 3.10. The van der Waals surface area contributed by atoms with Crippen molar-refractivity contribution in [3.8, 4) is 0 Å². The van der Waals surface area contributed by atoms with Gasteiger partial charge in [-0.1, -0.05) is 17.7 Å². The Balaban J connectivity index is 1.31. The van der Waals surface area contributed by atoms with E-state index in [1.807, 2.05) is 12.1 Å². The van der Waals surface area contributed by atoms with Gasteiger partial charge in [0.25, 0.3) is 5.91 Å². The average molecular weight is 472 g/mol. The summed E-state index contributed by atoms with van der Waals surface area (Å²) < 4.78 is 14.5. The first-order chi connectivity index (χ1) is 15.9. The van der Waals surface area contributed by atoms with E-state index in [2.05, 4.69) is 20.1 Å². The molecule has 5 rings (SSSR count). The van der Waals surface area contributed by atoms with Crippen LogP contribution in [-0.4, -0.2) is 64.7 Å². The van der Waals surface area contributed by atoms with Crippen molar-refractivity contribution in [3.63, 3.8) is 0 Å². The molecule has 1 aromatic heterocycles. The standard InChI is InChI=1S/C23H23ClFN5O3/c24-20-3-1-2-15(26-20)12-28-6-8-29(9-7-28)19-11-14(25)10-16-17(19)13-30(23(16)33)18-4-5-21(31)27-22(18)32/h1-3,10-11,18H,4-9,12-13H2,(H,27,31,32). The fraction of sp³-hybridized carbons (Fsp3) is 0.391. The van der Waals surface area contributed by atoms with Crippen LogP contribution in [0.1, 0.15) is 34.5 Å². The molecule has 10 heteroatoms. The topological polar surface area (TPSA) is 85.9 Å². The van der Waals surface area contributed by atoms with Crippen molar-refractivity contribution in [2.75, 3.05) is 31.1 Å². The highest BCUT2D eigenvalue weighted by Crippen LogP contribution is 2.35. The van der Waals surface area contributed by atoms with Crippen LogP contribution in [0.3, 0.4) is 0 Å². The van der Waals surface area contributed by atoms with Gasteiger partial charge in [-0.25, -0.2) is 9.37 Å². The first-order valence-corrected chi connectivity index (χ1v) is 11.3. The molecule has 2 saturated heterocycles. The minimum atomic E-state index is -0.722. The molecule has 1 N–H and O–H groups in total. The zero-order valence-electron chi connectivity index (χ0n) is 17.9. The number of benzene rings is 1. The van der Waals surface area contributed by atoms with Crippen molar-refractivity contribution < 1.29 is 18.8 Å². The zero-order valence-corrected chi connectivity index (χ0v) is 18.6. The summed E-state index contributed by atoms with van der Waals surface area (Å²) in [7, 11) is 0. The molecular weight excluding hydrogens is 449 g/mol. The van der Waals surface area contributed by atoms with E-state index in [9.17, 15) is 18.8 Å². The molecule has 0 radical (unpaired) electrons. The number of fused-ring (bicyclic) bond motifs is 1. The van der Waals surface area contributed by atoms with Crippen molar-refractivity contribution >= 4 is 35.0 Å². The first kappa shape index (κ1) is 21.8. The van der Waals surface area contributed by atoms with Crippen molar-refractivity contribution in [2.24, 2.45) is 0 Å². The summed E-state index contributed by atoms with van der Waals surface area (Å²) >= 11 is 5.98. The Hall–Kier alpha value is -3.04. The van der Waals surface area contributed by atoms with Gasteiger partial charge in [-0.15, -0.1) is 0 Å². The van der Waals surface area contributed by atoms with E-state index < -0.39 is 17.8 Å². The zero-order chi connectivity index (χ0) is 23.1. The van der Waals surface area contributed by atoms with E-state index in [4.69, 9.17) is 11.6 Å². The minimum absolute atomic E-state index is 0.182. The van der Waals surface area contributed by atoms with Crippen molar-refractivity contribution in [2.45, 2.75) is 32.0 Å². The summed E-state index contributed by atoms with van der Waals surface area (Å²) in [6, 6.07) is 7.55. The number of carbonyl (C=O) groups excluding carboxylic acids is 3. The quantitative estimate of drug-likeness (QED) is 0.542. The van der Waals surface area contributed by atoms with Crippen LogP contribution in [0.15, 0.2) is 30.3 Å². The Bertz CT molecular complexity index is 1140. The van der Waals surface area contributed by atoms with Crippen LogP contribution in [0.25, 0.3) is 0 Å². The Morgan fingerprint density at radius 3 is 2.64 bits per heavy atom. The second-order valence-electron chi connectivity index (χ2n) is 8.57. The maximum atomic E-state index is 14.5. The van der Waals surface area contributed by atoms with Crippen molar-refractivity contribution in [1.82, 2.24) is 20.1 Å². The van der Waals surface area contributed by atoms with Crippen LogP contribution in [0.5, 0.6) is 0 Å². The second kappa shape index (κ2) is 8.72. The van der Waals surface area contributed by atoms with E-state index in [0.29, 0.717) is 36.0 Å². The molecule has 8 nitrogen and oxygen atoms in total. The highest BCUT2D eigenvalue weighted by atomic mass is 35.5. The van der Waals surface area contributed by atoms with E-state index in [1.54, 1.807) is 6.07 Å². The number of nitrogens with one attached hydrogen (secondary N) is 1. The van der Waals surface area contributed by atoms with Gasteiger partial charge in [-0.3, -0.25) is 24.6 Å². The number of aromatic nitrogens is 1. The molecule has 1 atom stereocenters. The van der Waals surface area contributed by atoms with Gasteiger partial charge < -0.3 is 9.80 Å². The molecular formula is C23H23ClFN5O3. The summed E-state index contributed by atoms with van der Waals surface area (Å²) in [4.78, 5) is 47.0. The number of carbonyl (C=O) groups is 3. The number of piperidine rings is 1. The summed E-state index contributed by atoms with van der Waals surface area (Å²) in [5, 5.41) is 2.76. The van der Waals surface area contributed by atoms with Gasteiger partial charge in [0.2, 0.25) is 11.8 Å². The van der Waals surface area contributed by atoms with Gasteiger partial charge in [0.05, 0.1) is 5.69 Å². The lowest BCUT2D eigenvalue weighted by Gasteiger charge is -2.37. The second-order valence-corrected chi connectivity index (χ2v) is 8.95. The lowest BCUT2D eigenvalue weighted by atomic mass is 10.0. The first-order valence-electron chi connectivity index (χ1n) is 10.9. The third-order valence-corrected chi connectivity index (χ3v) is 6.68. The molecule has 2 aromatic rings. The van der Waals surface area contributed by atoms with E-state index >= 15 is 0 Å². The number of halogens is 2. The lowest BCUT2D eigenvalue weighted by Crippen LogP contribution is -2.52. The number of rotatable bonds is 4. The van der Waals surface area contributed by atoms with Gasteiger partial charge in [0, 0.05) is 62.5 Å². The van der Waals surface area contributed by atoms with E-state index in [0.717, 1.165) is 24.3 Å². The Kier molecular flexibility index (Phi) is 5.76. The highest BCUT2D eigenvalue weighted by Gasteiger charge is 2.41. The smallest absolute Gasteiger partial charge is 0.255 e. The predicted molar refractivity (Wildman–Crippen MR) is 119 cm³/mol. The Labute approximate surface area is 195 Å². The van der Waals surface area contributed by atoms with Crippen LogP contribution in [0.2, 0.25) is 5.15 Å². The normalized spacial score (nSPS) is 21.4. The number of amides is 3. The van der Waals surface area contributed by atoms with Crippen molar-refractivity contribution in [3.05, 3.63) is 58.1 Å². The third kappa shape index (κ3) is 4.30. The summed E-state index contributed by atoms with van der Waals surface area (Å²) in [6.45, 7) is 3.75. The van der Waals surface area contributed by atoms with Gasteiger partial charge in [-0.2, -0.15) is 0 Å². The number of nitrogens with zero attached hydrogens (tertiary/aromatic N) is 4. The van der Waals surface area contributed by atoms with Crippen LogP contribution < -0.4 is 10.2 Å². The molecule has 4 heterocycles. The minimum Gasteiger partial charge on any atom is -0.369 e. The maximum absolute atomic E-state index is 14.5. The molecule has 0 bridgehead atoms. The number of piperazine rings is 1. The fourth-order valence-corrected chi connectivity index (χ4v) is 4.99. The van der Waals surface area contributed by atoms with Crippen molar-refractivity contribution in [1.29, 1.82) is 0 Å². The largest absolute Gasteiger partial charge is 0.369 e. The molecule has 172 valence electrons. The molecule has 2 fully saturated rings. The molecule has 3 amide bonds. The molecule has 1 aromatic carbocycles. The molecule has 1 unspecified atom stereocenters. The molecule has 3 aliphatic heterocycles. The number of hydrogen-bond donors (Lipinski definition) is 1. The van der Waals surface area contributed by atoms with E-state index in [-0.39, 0.29) is 31.2 Å². The van der Waals surface area contributed by atoms with Crippen LogP contribution in [0, 0.1) is 5.82 Å². The SMILES string of the molecule is O=C1CCC(N2Cc3c(cc(F)cc3N3CCN(Cc4cccc(Cl)n4)CC3)C2=O)C(=O)N1. The van der Waals surface area contributed by atoms with Crippen LogP contribution >= 0.6 is 11.6 Å². The molecule has 0 spiro atoms. The number of anilines is 1. The third-order valence-electron chi connectivity index (χ3n) is 6.47. The number of hydrogen-bond acceptors (Lipinski definition) is 6. The van der Waals surface area contributed by atoms with Gasteiger partial charge in [0.1, 0.15) is 17.0 Å². The summed E-state index contributed by atoms with van der Waals surface area (Å²) in [5.41, 5.74) is 2.61. The van der Waals surface area contributed by atoms with Crippen LogP contribution in [-0.2, 0) is 22.7 Å². The summed E-state index contributed by atoms with van der Waals surface area (Å²) in [5.74, 6) is -1.66. The van der Waals surface area contributed by atoms with Gasteiger partial charge in [-0.05, 0) is 30.7 Å². The number of imide groups is 1. The summed E-state index contributed by atoms with van der Waals surface area (Å²) in [6.07, 6.45) is 0.458. The Morgan fingerprint density at radius 2 is 1.91 bits per heavy atom. The lowest BCUT2D eigenvalue weighted by molar-refractivity contribution is -0.136. The maximum Gasteiger partial charge on any atom is 0.255 e. The number of pyridine rings is 1. The molecule has 0 saturated carbocycles.